The minimum absolute atomic E-state index is 0.148. The number of esters is 1. The summed E-state index contributed by atoms with van der Waals surface area (Å²) in [6.07, 6.45) is 1.35. The molecule has 1 rings (SSSR count). The van der Waals surface area contributed by atoms with Crippen molar-refractivity contribution in [2.75, 3.05) is 20.8 Å². The number of primary amides is 1. The third kappa shape index (κ3) is 4.54. The fourth-order valence-electron chi connectivity index (χ4n) is 1.46. The molecule has 0 radical (unpaired) electrons. The zero-order chi connectivity index (χ0) is 15.8. The Kier molecular flexibility index (Phi) is 5.77. The Morgan fingerprint density at radius 2 is 2.05 bits per heavy atom. The number of benzene rings is 1. The zero-order valence-corrected chi connectivity index (χ0v) is 11.6. The van der Waals surface area contributed by atoms with Gasteiger partial charge in [-0.2, -0.15) is 5.26 Å². The van der Waals surface area contributed by atoms with Crippen LogP contribution in [-0.2, 0) is 14.3 Å². The maximum Gasteiger partial charge on any atom is 0.348 e. The summed E-state index contributed by atoms with van der Waals surface area (Å²) in [5, 5.41) is 8.89. The smallest absolute Gasteiger partial charge is 0.348 e. The molecule has 1 aromatic rings. The largest absolute Gasteiger partial charge is 0.493 e. The van der Waals surface area contributed by atoms with Crippen molar-refractivity contribution in [3.8, 4) is 17.6 Å². The van der Waals surface area contributed by atoms with E-state index in [4.69, 9.17) is 20.5 Å². The van der Waals surface area contributed by atoms with Crippen LogP contribution < -0.4 is 15.2 Å². The van der Waals surface area contributed by atoms with E-state index in [-0.39, 0.29) is 12.2 Å². The predicted molar refractivity (Wildman–Crippen MR) is 73.3 cm³/mol. The maximum absolute atomic E-state index is 11.3. The van der Waals surface area contributed by atoms with Gasteiger partial charge in [0.2, 0.25) is 0 Å². The van der Waals surface area contributed by atoms with Crippen molar-refractivity contribution in [2.24, 2.45) is 5.73 Å². The lowest BCUT2D eigenvalue weighted by Gasteiger charge is -2.10. The van der Waals surface area contributed by atoms with Crippen LogP contribution in [0.1, 0.15) is 5.56 Å². The molecule has 0 saturated carbocycles. The van der Waals surface area contributed by atoms with Crippen LogP contribution in [-0.4, -0.2) is 32.7 Å². The number of nitriles is 1. The van der Waals surface area contributed by atoms with E-state index in [1.54, 1.807) is 24.3 Å². The van der Waals surface area contributed by atoms with Crippen LogP contribution in [0.25, 0.3) is 6.08 Å². The number of nitrogens with zero attached hydrogens (tertiary/aromatic N) is 1. The molecule has 0 spiro atoms. The molecule has 1 aromatic carbocycles. The van der Waals surface area contributed by atoms with E-state index in [1.807, 2.05) is 0 Å². The van der Waals surface area contributed by atoms with Crippen molar-refractivity contribution >= 4 is 18.0 Å². The second kappa shape index (κ2) is 7.55. The molecule has 0 saturated heterocycles. The highest BCUT2D eigenvalue weighted by Gasteiger charge is 2.11. The summed E-state index contributed by atoms with van der Waals surface area (Å²) in [4.78, 5) is 22.0. The molecule has 2 N–H and O–H groups in total. The van der Waals surface area contributed by atoms with Crippen LogP contribution in [0, 0.1) is 11.3 Å². The molecule has 0 heterocycles. The van der Waals surface area contributed by atoms with Crippen LogP contribution in [0.4, 0.5) is 0 Å². The van der Waals surface area contributed by atoms with Gasteiger partial charge in [0.1, 0.15) is 11.6 Å². The molecule has 0 aromatic heterocycles. The van der Waals surface area contributed by atoms with E-state index in [0.29, 0.717) is 17.1 Å². The minimum atomic E-state index is -0.731. The molecule has 21 heavy (non-hydrogen) atoms. The third-order valence-electron chi connectivity index (χ3n) is 2.39. The molecule has 110 valence electrons. The summed E-state index contributed by atoms with van der Waals surface area (Å²) in [6.45, 7) is -0.281. The lowest BCUT2D eigenvalue weighted by Crippen LogP contribution is -2.20. The van der Waals surface area contributed by atoms with Crippen LogP contribution >= 0.6 is 0 Å². The Morgan fingerprint density at radius 3 is 2.57 bits per heavy atom. The second-order valence-corrected chi connectivity index (χ2v) is 3.83. The molecule has 7 nitrogen and oxygen atoms in total. The van der Waals surface area contributed by atoms with Gasteiger partial charge in [0.25, 0.3) is 5.91 Å². The van der Waals surface area contributed by atoms with Crippen LogP contribution in [0.5, 0.6) is 11.5 Å². The Bertz CT molecular complexity index is 616. The standard InChI is InChI=1S/C14H14N2O5/c1-19-12-6-9(5-10(7-15)14(18)20-2)3-4-11(12)21-8-13(16)17/h3-6H,8H2,1-2H3,(H2,16,17)/b10-5-. The highest BCUT2D eigenvalue weighted by Crippen LogP contribution is 2.28. The van der Waals surface area contributed by atoms with Crippen molar-refractivity contribution in [3.63, 3.8) is 0 Å². The van der Waals surface area contributed by atoms with Crippen LogP contribution in [0.3, 0.4) is 0 Å². The van der Waals surface area contributed by atoms with Crippen molar-refractivity contribution in [1.29, 1.82) is 5.26 Å². The summed E-state index contributed by atoms with van der Waals surface area (Å²) >= 11 is 0. The van der Waals surface area contributed by atoms with Gasteiger partial charge >= 0.3 is 5.97 Å². The molecule has 0 bridgehead atoms. The molecule has 0 atom stereocenters. The van der Waals surface area contributed by atoms with Gasteiger partial charge in [0, 0.05) is 0 Å². The fourth-order valence-corrected chi connectivity index (χ4v) is 1.46. The highest BCUT2D eigenvalue weighted by atomic mass is 16.5. The molecule has 0 aliphatic rings. The molecule has 0 aliphatic carbocycles. The van der Waals surface area contributed by atoms with Crippen LogP contribution in [0.15, 0.2) is 23.8 Å². The number of ether oxygens (including phenoxy) is 3. The topological polar surface area (TPSA) is 112 Å². The van der Waals surface area contributed by atoms with Gasteiger partial charge < -0.3 is 19.9 Å². The lowest BCUT2D eigenvalue weighted by molar-refractivity contribution is -0.135. The number of hydrogen-bond donors (Lipinski definition) is 1. The minimum Gasteiger partial charge on any atom is -0.493 e. The van der Waals surface area contributed by atoms with E-state index < -0.39 is 11.9 Å². The number of carbonyl (C=O) groups excluding carboxylic acids is 2. The van der Waals surface area contributed by atoms with E-state index in [2.05, 4.69) is 4.74 Å². The SMILES string of the molecule is COC(=O)/C(C#N)=C\c1ccc(OCC(N)=O)c(OC)c1. The first-order valence-corrected chi connectivity index (χ1v) is 5.81. The van der Waals surface area contributed by atoms with Crippen molar-refractivity contribution in [1.82, 2.24) is 0 Å². The third-order valence-corrected chi connectivity index (χ3v) is 2.39. The second-order valence-electron chi connectivity index (χ2n) is 3.83. The van der Waals surface area contributed by atoms with Gasteiger partial charge in [-0.1, -0.05) is 6.07 Å². The van der Waals surface area contributed by atoms with Gasteiger partial charge in [0.05, 0.1) is 14.2 Å². The Balaban J connectivity index is 3.07. The van der Waals surface area contributed by atoms with Gasteiger partial charge in [-0.3, -0.25) is 4.79 Å². The van der Waals surface area contributed by atoms with Gasteiger partial charge in [0.15, 0.2) is 18.1 Å². The van der Waals surface area contributed by atoms with E-state index >= 15 is 0 Å². The molecule has 0 fully saturated rings. The summed E-state index contributed by atoms with van der Waals surface area (Å²) < 4.78 is 14.8. The summed E-state index contributed by atoms with van der Waals surface area (Å²) in [6, 6.07) is 6.44. The maximum atomic E-state index is 11.3. The van der Waals surface area contributed by atoms with E-state index in [1.165, 1.54) is 20.3 Å². The summed E-state index contributed by atoms with van der Waals surface area (Å²) in [5.41, 5.74) is 5.39. The number of amides is 1. The van der Waals surface area contributed by atoms with Crippen LogP contribution in [0.2, 0.25) is 0 Å². The van der Waals surface area contributed by atoms with Crippen molar-refractivity contribution in [2.45, 2.75) is 0 Å². The number of rotatable bonds is 6. The van der Waals surface area contributed by atoms with Gasteiger partial charge in [-0.25, -0.2) is 4.79 Å². The van der Waals surface area contributed by atoms with Crippen molar-refractivity contribution in [3.05, 3.63) is 29.3 Å². The average molecular weight is 290 g/mol. The summed E-state index contributed by atoms with van der Waals surface area (Å²) in [5.74, 6) is -0.679. The van der Waals surface area contributed by atoms with E-state index in [9.17, 15) is 9.59 Å². The van der Waals surface area contributed by atoms with Gasteiger partial charge in [-0.15, -0.1) is 0 Å². The average Bonchev–Trinajstić information content (AvgIpc) is 2.49. The highest BCUT2D eigenvalue weighted by molar-refractivity contribution is 5.97. The quantitative estimate of drug-likeness (QED) is 0.467. The first-order valence-electron chi connectivity index (χ1n) is 5.81. The van der Waals surface area contributed by atoms with E-state index in [0.717, 1.165) is 0 Å². The normalized spacial score (nSPS) is 10.4. The molecular formula is C14H14N2O5. The zero-order valence-electron chi connectivity index (χ0n) is 11.6. The first-order chi connectivity index (χ1) is 10.0. The Hall–Kier alpha value is -3.01. The monoisotopic (exact) mass is 290 g/mol. The lowest BCUT2D eigenvalue weighted by atomic mass is 10.1. The number of methoxy groups -OCH3 is 2. The Morgan fingerprint density at radius 1 is 1.33 bits per heavy atom. The molecule has 0 unspecified atom stereocenters. The molecule has 0 aliphatic heterocycles. The fraction of sp³-hybridized carbons (Fsp3) is 0.214. The molecule has 1 amide bonds. The number of carbonyl (C=O) groups is 2. The molecule has 7 heteroatoms. The number of hydrogen-bond acceptors (Lipinski definition) is 6. The van der Waals surface area contributed by atoms with Crippen molar-refractivity contribution < 1.29 is 23.8 Å². The Labute approximate surface area is 121 Å². The first kappa shape index (κ1) is 16.0. The number of nitrogens with two attached hydrogens (primary N) is 1. The predicted octanol–water partition coefficient (Wildman–Crippen LogP) is 0.639. The summed E-state index contributed by atoms with van der Waals surface area (Å²) in [7, 11) is 2.61. The molecular weight excluding hydrogens is 276 g/mol. The van der Waals surface area contributed by atoms with Gasteiger partial charge in [-0.05, 0) is 23.8 Å².